The highest BCUT2D eigenvalue weighted by Crippen LogP contribution is 2.24. The minimum atomic E-state index is -0.695. The van der Waals surface area contributed by atoms with Gasteiger partial charge in [-0.1, -0.05) is 18.6 Å². The number of nitrogens with zero attached hydrogens (tertiary/aromatic N) is 1. The second-order valence-corrected chi connectivity index (χ2v) is 5.63. The predicted octanol–water partition coefficient (Wildman–Crippen LogP) is 3.30. The van der Waals surface area contributed by atoms with E-state index in [9.17, 15) is 4.79 Å². The molecule has 1 fully saturated rings. The molecule has 21 heavy (non-hydrogen) atoms. The van der Waals surface area contributed by atoms with Crippen LogP contribution in [0.25, 0.3) is 0 Å². The van der Waals surface area contributed by atoms with Crippen LogP contribution in [0.3, 0.4) is 0 Å². The summed E-state index contributed by atoms with van der Waals surface area (Å²) in [7, 11) is 0. The van der Waals surface area contributed by atoms with E-state index in [1.54, 1.807) is 0 Å². The van der Waals surface area contributed by atoms with E-state index in [0.29, 0.717) is 12.6 Å². The molecule has 0 aromatic heterocycles. The molecule has 0 radical (unpaired) electrons. The first-order valence-corrected chi connectivity index (χ1v) is 7.86. The van der Waals surface area contributed by atoms with E-state index in [1.165, 1.54) is 18.4 Å². The molecule has 116 valence electrons. The van der Waals surface area contributed by atoms with E-state index in [2.05, 4.69) is 17.0 Å². The molecule has 1 aromatic rings. The largest absolute Gasteiger partial charge is 0.494 e. The van der Waals surface area contributed by atoms with Crippen LogP contribution in [-0.4, -0.2) is 35.2 Å². The first-order chi connectivity index (χ1) is 10.2. The molecule has 1 N–H and O–H groups in total. The fraction of sp³-hybridized carbons (Fsp3) is 0.588. The second-order valence-electron chi connectivity index (χ2n) is 5.63. The van der Waals surface area contributed by atoms with Gasteiger partial charge in [-0.3, -0.25) is 9.69 Å². The second kappa shape index (κ2) is 8.03. The topological polar surface area (TPSA) is 49.8 Å². The Morgan fingerprint density at radius 3 is 3.05 bits per heavy atom. The summed E-state index contributed by atoms with van der Waals surface area (Å²) in [6.07, 6.45) is 4.54. The summed E-state index contributed by atoms with van der Waals surface area (Å²) >= 11 is 0. The molecule has 2 rings (SSSR count). The third-order valence-electron chi connectivity index (χ3n) is 4.04. The molecule has 0 spiro atoms. The maximum Gasteiger partial charge on any atom is 0.303 e. The Kier molecular flexibility index (Phi) is 6.05. The van der Waals surface area contributed by atoms with Crippen LogP contribution in [0.1, 0.15) is 44.6 Å². The SMILES string of the molecule is CCOc1cccc(CN2CCCCC2CCC(=O)O)c1. The Hall–Kier alpha value is -1.55. The highest BCUT2D eigenvalue weighted by atomic mass is 16.5. The van der Waals surface area contributed by atoms with E-state index in [4.69, 9.17) is 9.84 Å². The quantitative estimate of drug-likeness (QED) is 0.837. The number of carbonyl (C=O) groups is 1. The van der Waals surface area contributed by atoms with Gasteiger partial charge in [0.05, 0.1) is 6.61 Å². The van der Waals surface area contributed by atoms with Crippen LogP contribution in [0.5, 0.6) is 5.75 Å². The van der Waals surface area contributed by atoms with Crippen molar-refractivity contribution in [2.24, 2.45) is 0 Å². The number of piperidine rings is 1. The number of ether oxygens (including phenoxy) is 1. The Labute approximate surface area is 126 Å². The lowest BCUT2D eigenvalue weighted by Gasteiger charge is -2.35. The normalized spacial score (nSPS) is 19.4. The standard InChI is InChI=1S/C17H25NO3/c1-2-21-16-8-5-6-14(12-16)13-18-11-4-3-7-15(18)9-10-17(19)20/h5-6,8,12,15H,2-4,7,9-11,13H2,1H3,(H,19,20). The van der Waals surface area contributed by atoms with Gasteiger partial charge in [0.1, 0.15) is 5.75 Å². The number of rotatable bonds is 7. The van der Waals surface area contributed by atoms with E-state index in [1.807, 2.05) is 19.1 Å². The first kappa shape index (κ1) is 15.8. The molecular weight excluding hydrogens is 266 g/mol. The van der Waals surface area contributed by atoms with Crippen molar-refractivity contribution in [2.75, 3.05) is 13.2 Å². The molecule has 1 heterocycles. The number of carboxylic acids is 1. The van der Waals surface area contributed by atoms with Crippen molar-refractivity contribution in [3.63, 3.8) is 0 Å². The van der Waals surface area contributed by atoms with E-state index >= 15 is 0 Å². The molecule has 1 unspecified atom stereocenters. The van der Waals surface area contributed by atoms with Crippen molar-refractivity contribution < 1.29 is 14.6 Å². The minimum Gasteiger partial charge on any atom is -0.494 e. The summed E-state index contributed by atoms with van der Waals surface area (Å²) in [5, 5.41) is 8.88. The average molecular weight is 291 g/mol. The van der Waals surface area contributed by atoms with Crippen LogP contribution in [-0.2, 0) is 11.3 Å². The van der Waals surface area contributed by atoms with E-state index < -0.39 is 5.97 Å². The van der Waals surface area contributed by atoms with Crippen LogP contribution in [0.2, 0.25) is 0 Å². The molecular formula is C17H25NO3. The minimum absolute atomic E-state index is 0.264. The smallest absolute Gasteiger partial charge is 0.303 e. The lowest BCUT2D eigenvalue weighted by Crippen LogP contribution is -2.39. The zero-order valence-electron chi connectivity index (χ0n) is 12.8. The van der Waals surface area contributed by atoms with E-state index in [-0.39, 0.29) is 6.42 Å². The molecule has 0 bridgehead atoms. The number of carboxylic acid groups (broad SMARTS) is 1. The van der Waals surface area contributed by atoms with Crippen LogP contribution < -0.4 is 4.74 Å². The fourth-order valence-corrected chi connectivity index (χ4v) is 3.02. The number of likely N-dealkylation sites (tertiary alicyclic amines) is 1. The van der Waals surface area contributed by atoms with Gasteiger partial charge in [0, 0.05) is 19.0 Å². The van der Waals surface area contributed by atoms with Crippen molar-refractivity contribution in [2.45, 2.75) is 51.6 Å². The highest BCUT2D eigenvalue weighted by molar-refractivity contribution is 5.66. The molecule has 0 saturated carbocycles. The molecule has 0 aliphatic carbocycles. The maximum atomic E-state index is 10.8. The monoisotopic (exact) mass is 291 g/mol. The van der Waals surface area contributed by atoms with Gasteiger partial charge in [-0.15, -0.1) is 0 Å². The van der Waals surface area contributed by atoms with Gasteiger partial charge in [0.25, 0.3) is 0 Å². The fourth-order valence-electron chi connectivity index (χ4n) is 3.02. The van der Waals surface area contributed by atoms with E-state index in [0.717, 1.165) is 31.7 Å². The van der Waals surface area contributed by atoms with Crippen LogP contribution in [0.15, 0.2) is 24.3 Å². The summed E-state index contributed by atoms with van der Waals surface area (Å²) in [5.74, 6) is 0.216. The Bertz CT molecular complexity index is 461. The van der Waals surface area contributed by atoms with Crippen molar-refractivity contribution in [1.82, 2.24) is 4.90 Å². The molecule has 4 heteroatoms. The number of hydrogen-bond donors (Lipinski definition) is 1. The first-order valence-electron chi connectivity index (χ1n) is 7.86. The van der Waals surface area contributed by atoms with Gasteiger partial charge < -0.3 is 9.84 Å². The molecule has 1 aliphatic heterocycles. The van der Waals surface area contributed by atoms with Gasteiger partial charge >= 0.3 is 5.97 Å². The van der Waals surface area contributed by atoms with Crippen molar-refractivity contribution in [1.29, 1.82) is 0 Å². The summed E-state index contributed by atoms with van der Waals surface area (Å²) in [5.41, 5.74) is 1.24. The molecule has 1 aromatic carbocycles. The molecule has 0 amide bonds. The Balaban J connectivity index is 1.97. The Morgan fingerprint density at radius 2 is 2.29 bits per heavy atom. The Morgan fingerprint density at radius 1 is 1.43 bits per heavy atom. The maximum absolute atomic E-state index is 10.8. The number of aliphatic carboxylic acids is 1. The number of hydrogen-bond acceptors (Lipinski definition) is 3. The third kappa shape index (κ3) is 5.05. The molecule has 1 saturated heterocycles. The zero-order valence-corrected chi connectivity index (χ0v) is 12.8. The summed E-state index contributed by atoms with van der Waals surface area (Å²) in [6, 6.07) is 8.60. The molecule has 1 atom stereocenters. The van der Waals surface area contributed by atoms with Gasteiger partial charge in [-0.25, -0.2) is 0 Å². The van der Waals surface area contributed by atoms with Gasteiger partial charge in [-0.05, 0) is 50.4 Å². The van der Waals surface area contributed by atoms with Crippen molar-refractivity contribution >= 4 is 5.97 Å². The highest BCUT2D eigenvalue weighted by Gasteiger charge is 2.23. The van der Waals surface area contributed by atoms with Crippen LogP contribution in [0, 0.1) is 0 Å². The molecule has 1 aliphatic rings. The van der Waals surface area contributed by atoms with Crippen molar-refractivity contribution in [3.05, 3.63) is 29.8 Å². The zero-order chi connectivity index (χ0) is 15.1. The van der Waals surface area contributed by atoms with Gasteiger partial charge in [0.15, 0.2) is 0 Å². The number of benzene rings is 1. The van der Waals surface area contributed by atoms with Crippen LogP contribution >= 0.6 is 0 Å². The van der Waals surface area contributed by atoms with Gasteiger partial charge in [-0.2, -0.15) is 0 Å². The lowest BCUT2D eigenvalue weighted by molar-refractivity contribution is -0.137. The van der Waals surface area contributed by atoms with Crippen LogP contribution in [0.4, 0.5) is 0 Å². The molecule has 4 nitrogen and oxygen atoms in total. The van der Waals surface area contributed by atoms with Crippen molar-refractivity contribution in [3.8, 4) is 5.75 Å². The summed E-state index contributed by atoms with van der Waals surface area (Å²) in [4.78, 5) is 13.2. The summed E-state index contributed by atoms with van der Waals surface area (Å²) in [6.45, 7) is 4.60. The summed E-state index contributed by atoms with van der Waals surface area (Å²) < 4.78 is 5.55. The predicted molar refractivity (Wildman–Crippen MR) is 82.5 cm³/mol. The lowest BCUT2D eigenvalue weighted by atomic mass is 9.97. The third-order valence-corrected chi connectivity index (χ3v) is 4.04. The van der Waals surface area contributed by atoms with Gasteiger partial charge in [0.2, 0.25) is 0 Å². The average Bonchev–Trinajstić information content (AvgIpc) is 2.47.